The lowest BCUT2D eigenvalue weighted by molar-refractivity contribution is -0.384. The van der Waals surface area contributed by atoms with E-state index < -0.39 is 41.0 Å². The van der Waals surface area contributed by atoms with Gasteiger partial charge in [0.1, 0.15) is 0 Å². The number of ether oxygens (including phenoxy) is 1. The minimum Gasteiger partial charge on any atom is -0.457 e. The van der Waals surface area contributed by atoms with Crippen LogP contribution >= 0.6 is 0 Å². The Hall–Kier alpha value is -4.08. The van der Waals surface area contributed by atoms with Crippen LogP contribution in [0.1, 0.15) is 32.7 Å². The van der Waals surface area contributed by atoms with Gasteiger partial charge < -0.3 is 4.74 Å². The molecule has 0 aliphatic carbocycles. The van der Waals surface area contributed by atoms with Gasteiger partial charge in [0.25, 0.3) is 11.6 Å². The number of hydrazine groups is 1. The first kappa shape index (κ1) is 21.6. The number of non-ortho nitro benzene ring substituents is 1. The van der Waals surface area contributed by atoms with E-state index in [-0.39, 0.29) is 24.2 Å². The van der Waals surface area contributed by atoms with Crippen LogP contribution in [-0.4, -0.2) is 46.7 Å². The number of aryl methyl sites for hydroxylation is 1. The molecule has 1 saturated heterocycles. The van der Waals surface area contributed by atoms with Gasteiger partial charge in [0, 0.05) is 29.7 Å². The van der Waals surface area contributed by atoms with Crippen molar-refractivity contribution >= 4 is 29.3 Å². The molecular formula is C21H19N3O7. The number of nitro benzene ring substituents is 1. The second-order valence-corrected chi connectivity index (χ2v) is 7.05. The molecule has 0 unspecified atom stereocenters. The molecule has 1 N–H and O–H groups in total. The fourth-order valence-corrected chi connectivity index (χ4v) is 2.97. The summed E-state index contributed by atoms with van der Waals surface area (Å²) in [5, 5.41) is 11.7. The van der Waals surface area contributed by atoms with Crippen LogP contribution in [0, 0.1) is 23.0 Å². The van der Waals surface area contributed by atoms with Crippen LogP contribution in [0.4, 0.5) is 5.69 Å². The number of ketones is 1. The van der Waals surface area contributed by atoms with Gasteiger partial charge in [-0.15, -0.1) is 0 Å². The molecule has 10 nitrogen and oxygen atoms in total. The highest BCUT2D eigenvalue weighted by atomic mass is 16.6. The zero-order chi connectivity index (χ0) is 22.5. The van der Waals surface area contributed by atoms with Crippen molar-refractivity contribution in [1.29, 1.82) is 0 Å². The molecule has 1 fully saturated rings. The fourth-order valence-electron chi connectivity index (χ4n) is 2.97. The highest BCUT2D eigenvalue weighted by Crippen LogP contribution is 2.19. The maximum Gasteiger partial charge on any atom is 0.311 e. The third-order valence-electron chi connectivity index (χ3n) is 4.75. The Morgan fingerprint density at radius 2 is 1.71 bits per heavy atom. The Bertz CT molecular complexity index is 1030. The number of Topliss-reactive ketones (excluding diaryl/α,β-unsaturated/α-hetero) is 1. The maximum absolute atomic E-state index is 12.3. The quantitative estimate of drug-likeness (QED) is 0.309. The smallest absolute Gasteiger partial charge is 0.311 e. The average molecular weight is 425 g/mol. The van der Waals surface area contributed by atoms with Crippen molar-refractivity contribution in [2.45, 2.75) is 13.3 Å². The first-order valence-corrected chi connectivity index (χ1v) is 9.37. The monoisotopic (exact) mass is 425 g/mol. The first-order valence-electron chi connectivity index (χ1n) is 9.37. The van der Waals surface area contributed by atoms with E-state index in [1.807, 2.05) is 6.92 Å². The summed E-state index contributed by atoms with van der Waals surface area (Å²) in [4.78, 5) is 58.8. The summed E-state index contributed by atoms with van der Waals surface area (Å²) in [6, 6.07) is 11.7. The molecule has 10 heteroatoms. The summed E-state index contributed by atoms with van der Waals surface area (Å²) in [7, 11) is 0. The normalized spacial score (nSPS) is 15.5. The van der Waals surface area contributed by atoms with E-state index in [0.29, 0.717) is 5.56 Å². The van der Waals surface area contributed by atoms with Crippen LogP contribution in [0.2, 0.25) is 0 Å². The molecule has 1 heterocycles. The number of rotatable bonds is 7. The van der Waals surface area contributed by atoms with Crippen molar-refractivity contribution in [3.8, 4) is 0 Å². The summed E-state index contributed by atoms with van der Waals surface area (Å²) in [5.74, 6) is -3.01. The van der Waals surface area contributed by atoms with Crippen LogP contribution in [0.3, 0.4) is 0 Å². The molecule has 2 aromatic rings. The molecule has 0 spiro atoms. The van der Waals surface area contributed by atoms with Crippen LogP contribution in [0.15, 0.2) is 48.5 Å². The lowest BCUT2D eigenvalue weighted by atomic mass is 10.1. The molecule has 2 aromatic carbocycles. The SMILES string of the molecule is Cc1ccc(C(=O)NN2C[C@@H](C(=O)OCC(=O)c3ccc([N+](=O)[O-])cc3)CC2=O)cc1. The third-order valence-corrected chi connectivity index (χ3v) is 4.75. The second-order valence-electron chi connectivity index (χ2n) is 7.05. The van der Waals surface area contributed by atoms with Gasteiger partial charge in [0.2, 0.25) is 5.91 Å². The van der Waals surface area contributed by atoms with Gasteiger partial charge in [-0.1, -0.05) is 17.7 Å². The summed E-state index contributed by atoms with van der Waals surface area (Å²) >= 11 is 0. The lowest BCUT2D eigenvalue weighted by Gasteiger charge is -2.17. The number of nitro groups is 1. The van der Waals surface area contributed by atoms with Crippen molar-refractivity contribution in [1.82, 2.24) is 10.4 Å². The Kier molecular flexibility index (Phi) is 6.39. The van der Waals surface area contributed by atoms with E-state index in [2.05, 4.69) is 5.43 Å². The average Bonchev–Trinajstić information content (AvgIpc) is 3.12. The molecule has 0 radical (unpaired) electrons. The molecular weight excluding hydrogens is 406 g/mol. The van der Waals surface area contributed by atoms with Crippen LogP contribution < -0.4 is 5.43 Å². The van der Waals surface area contributed by atoms with Gasteiger partial charge in [-0.3, -0.25) is 39.7 Å². The number of carbonyl (C=O) groups excluding carboxylic acids is 4. The van der Waals surface area contributed by atoms with Crippen LogP contribution in [0.5, 0.6) is 0 Å². The number of hydrogen-bond donors (Lipinski definition) is 1. The fraction of sp³-hybridized carbons (Fsp3) is 0.238. The van der Waals surface area contributed by atoms with Crippen LogP contribution in [0.25, 0.3) is 0 Å². The standard InChI is InChI=1S/C21H19N3O7/c1-13-2-4-15(5-3-13)20(27)22-23-11-16(10-19(23)26)21(28)31-12-18(25)14-6-8-17(9-7-14)24(29)30/h2-9,16H,10-12H2,1H3,(H,22,27)/t16-/m0/s1. The number of benzene rings is 2. The Morgan fingerprint density at radius 1 is 1.10 bits per heavy atom. The Morgan fingerprint density at radius 3 is 2.32 bits per heavy atom. The van der Waals surface area contributed by atoms with Crippen molar-refractivity contribution < 1.29 is 28.8 Å². The zero-order valence-electron chi connectivity index (χ0n) is 16.6. The molecule has 1 atom stereocenters. The topological polar surface area (TPSA) is 136 Å². The summed E-state index contributed by atoms with van der Waals surface area (Å²) in [6.45, 7) is 1.26. The first-order chi connectivity index (χ1) is 14.7. The zero-order valence-corrected chi connectivity index (χ0v) is 16.6. The summed E-state index contributed by atoms with van der Waals surface area (Å²) in [5.41, 5.74) is 3.83. The molecule has 0 saturated carbocycles. The predicted octanol–water partition coefficient (Wildman–Crippen LogP) is 1.82. The molecule has 1 aliphatic rings. The van der Waals surface area contributed by atoms with Gasteiger partial charge in [-0.05, 0) is 31.2 Å². The minimum atomic E-state index is -0.824. The van der Waals surface area contributed by atoms with Crippen molar-refractivity contribution in [3.63, 3.8) is 0 Å². The van der Waals surface area contributed by atoms with Gasteiger partial charge in [0.15, 0.2) is 12.4 Å². The Labute approximate surface area is 176 Å². The van der Waals surface area contributed by atoms with E-state index >= 15 is 0 Å². The molecule has 2 amide bonds. The molecule has 160 valence electrons. The number of esters is 1. The summed E-state index contributed by atoms with van der Waals surface area (Å²) < 4.78 is 5.01. The van der Waals surface area contributed by atoms with E-state index in [1.165, 1.54) is 24.3 Å². The van der Waals surface area contributed by atoms with E-state index in [0.717, 1.165) is 10.6 Å². The molecule has 0 aromatic heterocycles. The minimum absolute atomic E-state index is 0.0685. The van der Waals surface area contributed by atoms with Gasteiger partial charge in [-0.2, -0.15) is 0 Å². The second kappa shape index (κ2) is 9.16. The number of nitrogens with zero attached hydrogens (tertiary/aromatic N) is 2. The maximum atomic E-state index is 12.3. The summed E-state index contributed by atoms with van der Waals surface area (Å²) in [6.07, 6.45) is -0.154. The van der Waals surface area contributed by atoms with Crippen molar-refractivity contribution in [2.75, 3.05) is 13.2 Å². The molecule has 3 rings (SSSR count). The largest absolute Gasteiger partial charge is 0.457 e. The number of hydrogen-bond acceptors (Lipinski definition) is 7. The van der Waals surface area contributed by atoms with Gasteiger partial charge in [-0.25, -0.2) is 0 Å². The molecule has 31 heavy (non-hydrogen) atoms. The lowest BCUT2D eigenvalue weighted by Crippen LogP contribution is -2.43. The number of carbonyl (C=O) groups is 4. The van der Waals surface area contributed by atoms with Crippen LogP contribution in [-0.2, 0) is 14.3 Å². The third kappa shape index (κ3) is 5.30. The molecule has 1 aliphatic heterocycles. The van der Waals surface area contributed by atoms with E-state index in [1.54, 1.807) is 24.3 Å². The molecule has 0 bridgehead atoms. The highest BCUT2D eigenvalue weighted by molar-refractivity contribution is 5.99. The van der Waals surface area contributed by atoms with Crippen molar-refractivity contribution in [2.24, 2.45) is 5.92 Å². The van der Waals surface area contributed by atoms with E-state index in [9.17, 15) is 29.3 Å². The number of amides is 2. The highest BCUT2D eigenvalue weighted by Gasteiger charge is 2.36. The Balaban J connectivity index is 1.51. The van der Waals surface area contributed by atoms with Gasteiger partial charge >= 0.3 is 5.97 Å². The predicted molar refractivity (Wildman–Crippen MR) is 107 cm³/mol. The number of nitrogens with one attached hydrogen (secondary N) is 1. The van der Waals surface area contributed by atoms with Gasteiger partial charge in [0.05, 0.1) is 17.4 Å². The van der Waals surface area contributed by atoms with Crippen molar-refractivity contribution in [3.05, 3.63) is 75.3 Å². The van der Waals surface area contributed by atoms with E-state index in [4.69, 9.17) is 4.74 Å².